The molecule has 0 radical (unpaired) electrons. The number of nitriles is 1. The highest BCUT2D eigenvalue weighted by atomic mass is 15.2. The third-order valence-corrected chi connectivity index (χ3v) is 0.515. The lowest BCUT2D eigenvalue weighted by molar-refractivity contribution is 1.07. The Labute approximate surface area is 39.8 Å². The maximum Gasteiger partial charge on any atom is 0.251 e. The number of rotatable bonds is 0. The van der Waals surface area contributed by atoms with E-state index in [0.29, 0.717) is 0 Å². The smallest absolute Gasteiger partial charge is 0.251 e. The van der Waals surface area contributed by atoms with Crippen LogP contribution < -0.4 is 0 Å². The Morgan fingerprint density at radius 1 is 1.86 bits per heavy atom. The normalized spacial score (nSPS) is 7.86. The van der Waals surface area contributed by atoms with Crippen molar-refractivity contribution < 1.29 is 0 Å². The highest BCUT2D eigenvalue weighted by molar-refractivity contribution is 5.04. The predicted molar refractivity (Wildman–Crippen MR) is 21.1 cm³/mol. The Balaban J connectivity index is 3.04. The lowest BCUT2D eigenvalue weighted by atomic mass is 10.7. The molecule has 1 N–H and O–H groups in total. The fraction of sp³-hybridized carbons (Fsp3) is 0. The molecule has 0 unspecified atom stereocenters. The summed E-state index contributed by atoms with van der Waals surface area (Å²) in [4.78, 5) is 3.51. The Morgan fingerprint density at radius 2 is 2.71 bits per heavy atom. The molecule has 34 valence electrons. The van der Waals surface area contributed by atoms with Crippen molar-refractivity contribution in [3.63, 3.8) is 0 Å². The number of nitrogens with one attached hydrogen (secondary N) is 1. The Morgan fingerprint density at radius 3 is 3.00 bits per heavy atom. The molecular formula is C3H2N4. The van der Waals surface area contributed by atoms with E-state index < -0.39 is 0 Å². The zero-order chi connectivity index (χ0) is 5.11. The van der Waals surface area contributed by atoms with Crippen molar-refractivity contribution in [1.82, 2.24) is 15.2 Å². The van der Waals surface area contributed by atoms with Crippen molar-refractivity contribution in [3.8, 4) is 6.07 Å². The first-order valence-electron chi connectivity index (χ1n) is 1.69. The fourth-order valence-corrected chi connectivity index (χ4v) is 0.263. The van der Waals surface area contributed by atoms with E-state index >= 15 is 0 Å². The summed E-state index contributed by atoms with van der Waals surface area (Å²) >= 11 is 0. The largest absolute Gasteiger partial charge is 0.265 e. The second-order valence-electron chi connectivity index (χ2n) is 0.935. The van der Waals surface area contributed by atoms with E-state index in [0.717, 1.165) is 0 Å². The Hall–Kier alpha value is -1.37. The molecule has 0 atom stereocenters. The molecular weight excluding hydrogens is 92.1 g/mol. The van der Waals surface area contributed by atoms with Crippen molar-refractivity contribution in [3.05, 3.63) is 12.2 Å². The van der Waals surface area contributed by atoms with Crippen LogP contribution in [0, 0.1) is 11.3 Å². The summed E-state index contributed by atoms with van der Waals surface area (Å²) in [5, 5.41) is 13.9. The van der Waals surface area contributed by atoms with Crippen molar-refractivity contribution in [2.45, 2.75) is 0 Å². The molecule has 4 heteroatoms. The number of nitrogens with zero attached hydrogens (tertiary/aromatic N) is 3. The van der Waals surface area contributed by atoms with Crippen molar-refractivity contribution in [1.29, 1.82) is 5.26 Å². The molecule has 0 fully saturated rings. The zero-order valence-electron chi connectivity index (χ0n) is 3.42. The maximum atomic E-state index is 8.03. The topological polar surface area (TPSA) is 65.4 Å². The lowest BCUT2D eigenvalue weighted by Gasteiger charge is -1.60. The van der Waals surface area contributed by atoms with Gasteiger partial charge in [-0.15, -0.1) is 5.10 Å². The maximum absolute atomic E-state index is 8.03. The molecule has 0 amide bonds. The van der Waals surface area contributed by atoms with Gasteiger partial charge < -0.3 is 0 Å². The molecule has 0 aliphatic rings. The van der Waals surface area contributed by atoms with Gasteiger partial charge in [0.1, 0.15) is 12.4 Å². The van der Waals surface area contributed by atoms with Crippen molar-refractivity contribution in [2.24, 2.45) is 0 Å². The SMILES string of the molecule is N#Cc1nc[nH]n1. The van der Waals surface area contributed by atoms with Gasteiger partial charge in [0, 0.05) is 0 Å². The van der Waals surface area contributed by atoms with Crippen LogP contribution in [0.25, 0.3) is 0 Å². The second kappa shape index (κ2) is 1.39. The van der Waals surface area contributed by atoms with Crippen LogP contribution in [0.1, 0.15) is 5.82 Å². The summed E-state index contributed by atoms with van der Waals surface area (Å²) < 4.78 is 0. The highest BCUT2D eigenvalue weighted by Gasteiger charge is 1.85. The predicted octanol–water partition coefficient (Wildman–Crippen LogP) is -0.324. The quantitative estimate of drug-likeness (QED) is 0.479. The van der Waals surface area contributed by atoms with Gasteiger partial charge in [-0.3, -0.25) is 5.10 Å². The number of hydrogen-bond donors (Lipinski definition) is 1. The molecule has 0 aliphatic carbocycles. The van der Waals surface area contributed by atoms with Crippen LogP contribution in [0.3, 0.4) is 0 Å². The van der Waals surface area contributed by atoms with E-state index in [4.69, 9.17) is 5.26 Å². The molecule has 0 aliphatic heterocycles. The van der Waals surface area contributed by atoms with Crippen LogP contribution in [0.15, 0.2) is 6.33 Å². The molecule has 4 nitrogen and oxygen atoms in total. The monoisotopic (exact) mass is 94.0 g/mol. The summed E-state index contributed by atoms with van der Waals surface area (Å²) in [5.74, 6) is 0.181. The average molecular weight is 94.1 g/mol. The van der Waals surface area contributed by atoms with E-state index in [2.05, 4.69) is 15.2 Å². The first-order chi connectivity index (χ1) is 3.43. The van der Waals surface area contributed by atoms with Crippen LogP contribution in [0.5, 0.6) is 0 Å². The Bertz CT molecular complexity index is 169. The van der Waals surface area contributed by atoms with E-state index in [1.54, 1.807) is 6.07 Å². The number of hydrogen-bond acceptors (Lipinski definition) is 3. The Kier molecular flexibility index (Phi) is 0.755. The van der Waals surface area contributed by atoms with Crippen molar-refractivity contribution >= 4 is 0 Å². The fourth-order valence-electron chi connectivity index (χ4n) is 0.263. The molecule has 1 rings (SSSR count). The second-order valence-corrected chi connectivity index (χ2v) is 0.935. The molecule has 1 aromatic rings. The van der Waals surface area contributed by atoms with Crippen LogP contribution in [-0.2, 0) is 0 Å². The number of aromatic nitrogens is 3. The minimum absolute atomic E-state index is 0.181. The molecule has 7 heavy (non-hydrogen) atoms. The molecule has 1 heterocycles. The molecule has 0 aromatic carbocycles. The molecule has 0 spiro atoms. The van der Waals surface area contributed by atoms with E-state index in [1.165, 1.54) is 6.33 Å². The van der Waals surface area contributed by atoms with E-state index in [1.807, 2.05) is 0 Å². The van der Waals surface area contributed by atoms with Crippen LogP contribution in [-0.4, -0.2) is 15.2 Å². The standard InChI is InChI=1S/C3H2N4/c4-1-3-5-2-6-7-3/h2H,(H,5,6,7). The molecule has 0 saturated heterocycles. The minimum Gasteiger partial charge on any atom is -0.265 e. The number of aromatic amines is 1. The third-order valence-electron chi connectivity index (χ3n) is 0.515. The summed E-state index contributed by atoms with van der Waals surface area (Å²) in [6, 6.07) is 1.75. The van der Waals surface area contributed by atoms with E-state index in [9.17, 15) is 0 Å². The van der Waals surface area contributed by atoms with Gasteiger partial charge in [-0.05, 0) is 0 Å². The first kappa shape index (κ1) is 3.81. The van der Waals surface area contributed by atoms with Crippen molar-refractivity contribution in [2.75, 3.05) is 0 Å². The molecule has 1 aromatic heterocycles. The minimum atomic E-state index is 0.181. The van der Waals surface area contributed by atoms with Gasteiger partial charge in [0.2, 0.25) is 0 Å². The lowest BCUT2D eigenvalue weighted by Crippen LogP contribution is -1.72. The summed E-state index contributed by atoms with van der Waals surface area (Å²) in [5.41, 5.74) is 0. The molecule has 0 saturated carbocycles. The summed E-state index contributed by atoms with van der Waals surface area (Å²) in [7, 11) is 0. The van der Waals surface area contributed by atoms with Gasteiger partial charge in [0.25, 0.3) is 5.82 Å². The summed E-state index contributed by atoms with van der Waals surface area (Å²) in [6.07, 6.45) is 1.36. The highest BCUT2D eigenvalue weighted by Crippen LogP contribution is 1.75. The van der Waals surface area contributed by atoms with Gasteiger partial charge in [-0.2, -0.15) is 5.26 Å². The van der Waals surface area contributed by atoms with E-state index in [-0.39, 0.29) is 5.82 Å². The third kappa shape index (κ3) is 0.550. The number of H-pyrrole nitrogens is 1. The molecule has 0 bridgehead atoms. The van der Waals surface area contributed by atoms with Crippen LogP contribution in [0.4, 0.5) is 0 Å². The average Bonchev–Trinajstić information content (AvgIpc) is 2.14. The van der Waals surface area contributed by atoms with Gasteiger partial charge in [0.15, 0.2) is 0 Å². The van der Waals surface area contributed by atoms with Crippen LogP contribution >= 0.6 is 0 Å². The van der Waals surface area contributed by atoms with Gasteiger partial charge in [-0.25, -0.2) is 4.98 Å². The van der Waals surface area contributed by atoms with Crippen LogP contribution in [0.2, 0.25) is 0 Å². The van der Waals surface area contributed by atoms with Gasteiger partial charge >= 0.3 is 0 Å². The van der Waals surface area contributed by atoms with Gasteiger partial charge in [-0.1, -0.05) is 0 Å². The van der Waals surface area contributed by atoms with Gasteiger partial charge in [0.05, 0.1) is 0 Å². The zero-order valence-corrected chi connectivity index (χ0v) is 3.42. The first-order valence-corrected chi connectivity index (χ1v) is 1.69. The summed E-state index contributed by atoms with van der Waals surface area (Å²) in [6.45, 7) is 0.